The second kappa shape index (κ2) is 8.12. The van der Waals surface area contributed by atoms with Crippen LogP contribution in [0.15, 0.2) is 28.7 Å². The standard InChI is InChI=1S/C19H25N5O2/c1-3-15-11-17(25)23-19(22-15)24-13(2)16(12-21-24)18(26)20-10-9-14-7-5-4-6-8-14/h7,11-12H,3-6,8-10H2,1-2H3,(H,20,26)(H,22,23,25). The summed E-state index contributed by atoms with van der Waals surface area (Å²) in [6, 6.07) is 1.47. The number of amides is 1. The Labute approximate surface area is 152 Å². The molecule has 1 amide bonds. The van der Waals surface area contributed by atoms with Crippen LogP contribution in [0.5, 0.6) is 0 Å². The molecule has 2 heterocycles. The Morgan fingerprint density at radius 2 is 2.23 bits per heavy atom. The van der Waals surface area contributed by atoms with Gasteiger partial charge in [-0.15, -0.1) is 0 Å². The zero-order valence-electron chi connectivity index (χ0n) is 15.3. The zero-order valence-corrected chi connectivity index (χ0v) is 15.3. The molecule has 7 heteroatoms. The summed E-state index contributed by atoms with van der Waals surface area (Å²) in [5.41, 5.74) is 3.03. The van der Waals surface area contributed by atoms with Crippen LogP contribution in [0.2, 0.25) is 0 Å². The lowest BCUT2D eigenvalue weighted by molar-refractivity contribution is 0.0953. The van der Waals surface area contributed by atoms with E-state index in [9.17, 15) is 9.59 Å². The minimum Gasteiger partial charge on any atom is -0.352 e. The molecular weight excluding hydrogens is 330 g/mol. The molecule has 0 radical (unpaired) electrons. The number of aromatic nitrogens is 4. The van der Waals surface area contributed by atoms with Crippen molar-refractivity contribution in [3.8, 4) is 5.95 Å². The van der Waals surface area contributed by atoms with E-state index in [0.717, 1.165) is 19.3 Å². The molecule has 3 rings (SSSR count). The smallest absolute Gasteiger partial charge is 0.254 e. The molecule has 2 N–H and O–H groups in total. The molecule has 2 aromatic rings. The first-order valence-corrected chi connectivity index (χ1v) is 9.20. The van der Waals surface area contributed by atoms with E-state index in [-0.39, 0.29) is 11.5 Å². The van der Waals surface area contributed by atoms with Crippen LogP contribution in [0.1, 0.15) is 60.8 Å². The molecule has 0 saturated carbocycles. The van der Waals surface area contributed by atoms with E-state index < -0.39 is 0 Å². The van der Waals surface area contributed by atoms with Crippen molar-refractivity contribution in [2.24, 2.45) is 0 Å². The molecule has 0 unspecified atom stereocenters. The van der Waals surface area contributed by atoms with E-state index in [1.165, 1.54) is 35.4 Å². The number of hydrogen-bond donors (Lipinski definition) is 2. The van der Waals surface area contributed by atoms with Gasteiger partial charge in [0.1, 0.15) is 0 Å². The maximum atomic E-state index is 12.5. The molecule has 0 bridgehead atoms. The van der Waals surface area contributed by atoms with Crippen LogP contribution >= 0.6 is 0 Å². The van der Waals surface area contributed by atoms with Gasteiger partial charge < -0.3 is 5.32 Å². The highest BCUT2D eigenvalue weighted by Crippen LogP contribution is 2.19. The summed E-state index contributed by atoms with van der Waals surface area (Å²) < 4.78 is 1.50. The Balaban J connectivity index is 1.70. The molecule has 7 nitrogen and oxygen atoms in total. The molecule has 0 atom stereocenters. The van der Waals surface area contributed by atoms with E-state index in [2.05, 4.69) is 26.5 Å². The van der Waals surface area contributed by atoms with E-state index in [4.69, 9.17) is 0 Å². The number of allylic oxidation sites excluding steroid dienone is 1. The molecule has 0 fully saturated rings. The van der Waals surface area contributed by atoms with Gasteiger partial charge in [-0.3, -0.25) is 14.6 Å². The van der Waals surface area contributed by atoms with E-state index in [1.807, 2.05) is 6.92 Å². The third-order valence-corrected chi connectivity index (χ3v) is 4.72. The van der Waals surface area contributed by atoms with Gasteiger partial charge in [-0.25, -0.2) is 9.67 Å². The van der Waals surface area contributed by atoms with Gasteiger partial charge in [0.25, 0.3) is 11.5 Å². The molecule has 26 heavy (non-hydrogen) atoms. The average molecular weight is 355 g/mol. The SMILES string of the molecule is CCc1cc(=O)[nH]c(-n2ncc(C(=O)NCCC3=CCCCC3)c2C)n1. The second-order valence-electron chi connectivity index (χ2n) is 6.58. The van der Waals surface area contributed by atoms with E-state index >= 15 is 0 Å². The fourth-order valence-electron chi connectivity index (χ4n) is 3.18. The number of H-pyrrole nitrogens is 1. The zero-order chi connectivity index (χ0) is 18.5. The fourth-order valence-corrected chi connectivity index (χ4v) is 3.18. The minimum absolute atomic E-state index is 0.154. The molecule has 0 spiro atoms. The highest BCUT2D eigenvalue weighted by molar-refractivity contribution is 5.95. The Bertz CT molecular complexity index is 878. The largest absolute Gasteiger partial charge is 0.352 e. The van der Waals surface area contributed by atoms with Gasteiger partial charge >= 0.3 is 0 Å². The second-order valence-corrected chi connectivity index (χ2v) is 6.58. The maximum Gasteiger partial charge on any atom is 0.254 e. The summed E-state index contributed by atoms with van der Waals surface area (Å²) in [5.74, 6) is 0.178. The fraction of sp³-hybridized carbons (Fsp3) is 0.474. The molecule has 138 valence electrons. The van der Waals surface area contributed by atoms with Gasteiger partial charge in [-0.2, -0.15) is 5.10 Å². The minimum atomic E-state index is -0.228. The Hall–Kier alpha value is -2.70. The van der Waals surface area contributed by atoms with Crippen LogP contribution in [-0.2, 0) is 6.42 Å². The van der Waals surface area contributed by atoms with Crippen LogP contribution in [0.25, 0.3) is 5.95 Å². The van der Waals surface area contributed by atoms with Crippen LogP contribution in [0.3, 0.4) is 0 Å². The van der Waals surface area contributed by atoms with Gasteiger partial charge in [0.05, 0.1) is 17.5 Å². The van der Waals surface area contributed by atoms with Crippen molar-refractivity contribution in [2.75, 3.05) is 6.54 Å². The van der Waals surface area contributed by atoms with E-state index in [1.54, 1.807) is 6.92 Å². The third-order valence-electron chi connectivity index (χ3n) is 4.72. The van der Waals surface area contributed by atoms with Crippen molar-refractivity contribution in [3.63, 3.8) is 0 Å². The highest BCUT2D eigenvalue weighted by atomic mass is 16.1. The lowest BCUT2D eigenvalue weighted by Crippen LogP contribution is -2.25. The van der Waals surface area contributed by atoms with Crippen molar-refractivity contribution >= 4 is 5.91 Å². The predicted molar refractivity (Wildman–Crippen MR) is 99.6 cm³/mol. The summed E-state index contributed by atoms with van der Waals surface area (Å²) in [6.45, 7) is 4.35. The number of carbonyl (C=O) groups is 1. The summed E-state index contributed by atoms with van der Waals surface area (Å²) in [6.07, 6.45) is 10.2. The highest BCUT2D eigenvalue weighted by Gasteiger charge is 2.16. The lowest BCUT2D eigenvalue weighted by atomic mass is 9.97. The van der Waals surface area contributed by atoms with Gasteiger partial charge in [-0.1, -0.05) is 18.6 Å². The Morgan fingerprint density at radius 3 is 2.96 bits per heavy atom. The molecule has 1 aliphatic rings. The van der Waals surface area contributed by atoms with Crippen molar-refractivity contribution in [2.45, 2.75) is 52.4 Å². The van der Waals surface area contributed by atoms with Crippen LogP contribution in [-0.4, -0.2) is 32.2 Å². The normalized spacial score (nSPS) is 14.2. The van der Waals surface area contributed by atoms with Gasteiger partial charge in [0.15, 0.2) is 0 Å². The molecule has 2 aromatic heterocycles. The number of aromatic amines is 1. The summed E-state index contributed by atoms with van der Waals surface area (Å²) in [7, 11) is 0. The molecule has 0 saturated heterocycles. The summed E-state index contributed by atoms with van der Waals surface area (Å²) in [5, 5.41) is 7.19. The quantitative estimate of drug-likeness (QED) is 0.779. The summed E-state index contributed by atoms with van der Waals surface area (Å²) >= 11 is 0. The third kappa shape index (κ3) is 4.09. The van der Waals surface area contributed by atoms with Crippen molar-refractivity contribution in [1.82, 2.24) is 25.1 Å². The topological polar surface area (TPSA) is 92.7 Å². The first kappa shape index (κ1) is 18.1. The Morgan fingerprint density at radius 1 is 1.38 bits per heavy atom. The lowest BCUT2D eigenvalue weighted by Gasteiger charge is -2.12. The van der Waals surface area contributed by atoms with Gasteiger partial charge in [0, 0.05) is 18.3 Å². The van der Waals surface area contributed by atoms with E-state index in [0.29, 0.717) is 35.9 Å². The van der Waals surface area contributed by atoms with Crippen molar-refractivity contribution in [1.29, 1.82) is 0 Å². The Kier molecular flexibility index (Phi) is 5.65. The number of aryl methyl sites for hydroxylation is 1. The first-order chi connectivity index (χ1) is 12.6. The molecule has 1 aliphatic carbocycles. The van der Waals surface area contributed by atoms with Crippen LogP contribution in [0, 0.1) is 6.92 Å². The van der Waals surface area contributed by atoms with Crippen LogP contribution in [0.4, 0.5) is 0 Å². The molecule has 0 aromatic carbocycles. The number of rotatable bonds is 6. The predicted octanol–water partition coefficient (Wildman–Crippen LogP) is 2.45. The average Bonchev–Trinajstić information content (AvgIpc) is 3.03. The van der Waals surface area contributed by atoms with Crippen LogP contribution < -0.4 is 10.9 Å². The number of nitrogens with one attached hydrogen (secondary N) is 2. The van der Waals surface area contributed by atoms with Crippen molar-refractivity contribution < 1.29 is 4.79 Å². The maximum absolute atomic E-state index is 12.5. The number of carbonyl (C=O) groups excluding carboxylic acids is 1. The number of nitrogens with zero attached hydrogens (tertiary/aromatic N) is 3. The van der Waals surface area contributed by atoms with Gasteiger partial charge in [0.2, 0.25) is 5.95 Å². The molecular formula is C19H25N5O2. The summed E-state index contributed by atoms with van der Waals surface area (Å²) in [4.78, 5) is 31.3. The molecule has 0 aliphatic heterocycles. The monoisotopic (exact) mass is 355 g/mol. The number of hydrogen-bond acceptors (Lipinski definition) is 4. The van der Waals surface area contributed by atoms with Gasteiger partial charge in [-0.05, 0) is 45.4 Å². The van der Waals surface area contributed by atoms with Crippen molar-refractivity contribution in [3.05, 3.63) is 51.2 Å². The first-order valence-electron chi connectivity index (χ1n) is 9.20.